The summed E-state index contributed by atoms with van der Waals surface area (Å²) in [6.45, 7) is 3.36. The predicted molar refractivity (Wildman–Crippen MR) is 71.8 cm³/mol. The second-order valence-corrected chi connectivity index (χ2v) is 5.66. The Morgan fingerprint density at radius 2 is 2.13 bits per heavy atom. The summed E-state index contributed by atoms with van der Waals surface area (Å²) >= 11 is 5.39. The zero-order valence-electron chi connectivity index (χ0n) is 8.49. The maximum Gasteiger partial charge on any atom is 0.0339 e. The molecule has 1 saturated heterocycles. The minimum absolute atomic E-state index is 0. The van der Waals surface area contributed by atoms with Gasteiger partial charge in [-0.05, 0) is 53.3 Å². The minimum atomic E-state index is 0. The van der Waals surface area contributed by atoms with Crippen LogP contribution in [0.25, 0.3) is 0 Å². The van der Waals surface area contributed by atoms with Gasteiger partial charge in [-0.1, -0.05) is 0 Å². The first-order valence-electron chi connectivity index (χ1n) is 4.95. The quantitative estimate of drug-likeness (QED) is 0.910. The first kappa shape index (κ1) is 13.5. The summed E-state index contributed by atoms with van der Waals surface area (Å²) in [6, 6.07) is 2.55. The molecule has 2 nitrogen and oxygen atoms in total. The lowest BCUT2D eigenvalue weighted by atomic mass is 10.1. The molecule has 0 atom stereocenters. The molecule has 15 heavy (non-hydrogen) atoms. The van der Waals surface area contributed by atoms with Crippen LogP contribution < -0.4 is 5.73 Å². The molecular formula is C10H16BrClN2S. The minimum Gasteiger partial charge on any atom is -0.328 e. The molecule has 0 spiro atoms. The zero-order valence-corrected chi connectivity index (χ0v) is 11.7. The highest BCUT2D eigenvalue weighted by Crippen LogP contribution is 2.25. The number of nitrogens with zero attached hydrogens (tertiary/aromatic N) is 1. The van der Waals surface area contributed by atoms with Gasteiger partial charge in [0.1, 0.15) is 0 Å². The van der Waals surface area contributed by atoms with Crippen molar-refractivity contribution in [3.63, 3.8) is 0 Å². The molecule has 1 aromatic heterocycles. The van der Waals surface area contributed by atoms with Crippen LogP contribution in [0.15, 0.2) is 15.9 Å². The highest BCUT2D eigenvalue weighted by molar-refractivity contribution is 9.10. The van der Waals surface area contributed by atoms with E-state index in [9.17, 15) is 0 Å². The molecule has 5 heteroatoms. The van der Waals surface area contributed by atoms with Crippen molar-refractivity contribution in [2.75, 3.05) is 13.1 Å². The molecule has 1 aromatic rings. The molecule has 0 amide bonds. The maximum atomic E-state index is 5.87. The fourth-order valence-corrected chi connectivity index (χ4v) is 3.27. The van der Waals surface area contributed by atoms with Crippen molar-refractivity contribution in [1.29, 1.82) is 0 Å². The first-order chi connectivity index (χ1) is 6.75. The van der Waals surface area contributed by atoms with Gasteiger partial charge >= 0.3 is 0 Å². The standard InChI is InChI=1S/C10H15BrN2S.ClH/c11-9-3-6-14-10(9)7-13-4-1-8(12)2-5-13;/h3,6,8H,1-2,4-5,7,12H2;1H. The van der Waals surface area contributed by atoms with E-state index in [1.54, 1.807) is 0 Å². The lowest BCUT2D eigenvalue weighted by molar-refractivity contribution is 0.207. The summed E-state index contributed by atoms with van der Waals surface area (Å²) in [5.41, 5.74) is 5.87. The van der Waals surface area contributed by atoms with E-state index in [1.807, 2.05) is 11.3 Å². The van der Waals surface area contributed by atoms with Crippen LogP contribution in [0.5, 0.6) is 0 Å². The van der Waals surface area contributed by atoms with Crippen LogP contribution in [0.1, 0.15) is 17.7 Å². The van der Waals surface area contributed by atoms with Gasteiger partial charge in [0, 0.05) is 21.9 Å². The molecule has 0 radical (unpaired) electrons. The molecule has 2 rings (SSSR count). The van der Waals surface area contributed by atoms with Gasteiger partial charge in [-0.25, -0.2) is 0 Å². The van der Waals surface area contributed by atoms with E-state index >= 15 is 0 Å². The molecule has 0 unspecified atom stereocenters. The SMILES string of the molecule is Cl.NC1CCN(Cc2sccc2Br)CC1. The third kappa shape index (κ3) is 3.71. The van der Waals surface area contributed by atoms with Gasteiger partial charge < -0.3 is 5.73 Å². The van der Waals surface area contributed by atoms with E-state index in [2.05, 4.69) is 32.3 Å². The van der Waals surface area contributed by atoms with Crippen LogP contribution in [-0.4, -0.2) is 24.0 Å². The van der Waals surface area contributed by atoms with Gasteiger partial charge in [0.2, 0.25) is 0 Å². The Morgan fingerprint density at radius 3 is 2.67 bits per heavy atom. The highest BCUT2D eigenvalue weighted by Gasteiger charge is 2.16. The summed E-state index contributed by atoms with van der Waals surface area (Å²) < 4.78 is 1.25. The van der Waals surface area contributed by atoms with Crippen molar-refractivity contribution in [3.8, 4) is 0 Å². The van der Waals surface area contributed by atoms with Crippen molar-refractivity contribution >= 4 is 39.7 Å². The maximum absolute atomic E-state index is 5.87. The third-order valence-corrected chi connectivity index (χ3v) is 4.60. The second-order valence-electron chi connectivity index (χ2n) is 3.81. The Labute approximate surface area is 109 Å². The monoisotopic (exact) mass is 310 g/mol. The third-order valence-electron chi connectivity index (χ3n) is 2.69. The van der Waals surface area contributed by atoms with Crippen LogP contribution in [0, 0.1) is 0 Å². The summed E-state index contributed by atoms with van der Waals surface area (Å²) in [5, 5.41) is 2.13. The zero-order chi connectivity index (χ0) is 9.97. The summed E-state index contributed by atoms with van der Waals surface area (Å²) in [6.07, 6.45) is 2.28. The molecule has 1 aliphatic heterocycles. The number of rotatable bonds is 2. The second kappa shape index (κ2) is 6.21. The Morgan fingerprint density at radius 1 is 1.47 bits per heavy atom. The van der Waals surface area contributed by atoms with Crippen molar-refractivity contribution in [2.45, 2.75) is 25.4 Å². The summed E-state index contributed by atoms with van der Waals surface area (Å²) in [4.78, 5) is 3.92. The highest BCUT2D eigenvalue weighted by atomic mass is 79.9. The van der Waals surface area contributed by atoms with E-state index in [4.69, 9.17) is 5.73 Å². The number of nitrogens with two attached hydrogens (primary N) is 1. The van der Waals surface area contributed by atoms with Crippen molar-refractivity contribution < 1.29 is 0 Å². The molecule has 86 valence electrons. The van der Waals surface area contributed by atoms with Gasteiger partial charge in [-0.3, -0.25) is 4.90 Å². The van der Waals surface area contributed by atoms with Crippen molar-refractivity contribution in [1.82, 2.24) is 4.90 Å². The first-order valence-corrected chi connectivity index (χ1v) is 6.63. The fraction of sp³-hybridized carbons (Fsp3) is 0.600. The van der Waals surface area contributed by atoms with Crippen molar-refractivity contribution in [3.05, 3.63) is 20.8 Å². The Balaban J connectivity index is 0.00000112. The van der Waals surface area contributed by atoms with E-state index in [1.165, 1.54) is 9.35 Å². The molecule has 0 saturated carbocycles. The molecule has 0 aromatic carbocycles. The van der Waals surface area contributed by atoms with Crippen LogP contribution in [0.4, 0.5) is 0 Å². The van der Waals surface area contributed by atoms with Crippen molar-refractivity contribution in [2.24, 2.45) is 5.73 Å². The number of halogens is 2. The average molecular weight is 312 g/mol. The van der Waals surface area contributed by atoms with Crippen LogP contribution in [0.2, 0.25) is 0 Å². The Kier molecular flexibility index (Phi) is 5.57. The number of hydrogen-bond acceptors (Lipinski definition) is 3. The molecule has 1 fully saturated rings. The fourth-order valence-electron chi connectivity index (χ4n) is 1.75. The van der Waals surface area contributed by atoms with Crippen LogP contribution in [-0.2, 0) is 6.54 Å². The predicted octanol–water partition coefficient (Wildman–Crippen LogP) is 2.86. The van der Waals surface area contributed by atoms with E-state index in [-0.39, 0.29) is 12.4 Å². The average Bonchev–Trinajstić information content (AvgIpc) is 2.56. The smallest absolute Gasteiger partial charge is 0.0339 e. The van der Waals surface area contributed by atoms with E-state index in [0.29, 0.717) is 6.04 Å². The molecular weight excluding hydrogens is 296 g/mol. The molecule has 1 aliphatic rings. The van der Waals surface area contributed by atoms with E-state index < -0.39 is 0 Å². The Bertz CT molecular complexity index is 297. The normalized spacial score (nSPS) is 18.8. The van der Waals surface area contributed by atoms with Gasteiger partial charge in [0.25, 0.3) is 0 Å². The number of thiophene rings is 1. The lowest BCUT2D eigenvalue weighted by Crippen LogP contribution is -2.39. The van der Waals surface area contributed by atoms with Gasteiger partial charge in [-0.2, -0.15) is 0 Å². The molecule has 2 N–H and O–H groups in total. The number of piperidine rings is 1. The molecule has 0 bridgehead atoms. The van der Waals surface area contributed by atoms with Crippen LogP contribution in [0.3, 0.4) is 0 Å². The Hall–Kier alpha value is 0.390. The number of likely N-dealkylation sites (tertiary alicyclic amines) is 1. The lowest BCUT2D eigenvalue weighted by Gasteiger charge is -2.29. The summed E-state index contributed by atoms with van der Waals surface area (Å²) in [7, 11) is 0. The topological polar surface area (TPSA) is 29.3 Å². The molecule has 2 heterocycles. The number of hydrogen-bond donors (Lipinski definition) is 1. The van der Waals surface area contributed by atoms with E-state index in [0.717, 1.165) is 32.5 Å². The van der Waals surface area contributed by atoms with Crippen LogP contribution >= 0.6 is 39.7 Å². The van der Waals surface area contributed by atoms with Gasteiger partial charge in [0.05, 0.1) is 0 Å². The largest absolute Gasteiger partial charge is 0.328 e. The van der Waals surface area contributed by atoms with Gasteiger partial charge in [0.15, 0.2) is 0 Å². The molecule has 0 aliphatic carbocycles. The summed E-state index contributed by atoms with van der Waals surface area (Å²) in [5.74, 6) is 0. The van der Waals surface area contributed by atoms with Gasteiger partial charge in [-0.15, -0.1) is 23.7 Å².